The van der Waals surface area contributed by atoms with Crippen molar-refractivity contribution < 1.29 is 9.59 Å². The van der Waals surface area contributed by atoms with Crippen molar-refractivity contribution in [2.24, 2.45) is 0 Å². The fraction of sp³-hybridized carbons (Fsp3) is 0.400. The van der Waals surface area contributed by atoms with Gasteiger partial charge in [0.2, 0.25) is 11.8 Å². The van der Waals surface area contributed by atoms with E-state index in [9.17, 15) is 9.59 Å². The average molecular weight is 365 g/mol. The first-order valence-corrected chi connectivity index (χ1v) is 9.35. The minimum Gasteiger partial charge on any atom is -0.353 e. The number of carbonyl (C=O) groups is 2. The summed E-state index contributed by atoms with van der Waals surface area (Å²) in [4.78, 5) is 39.4. The Kier molecular flexibility index (Phi) is 5.11. The zero-order valence-corrected chi connectivity index (χ0v) is 15.2. The lowest BCUT2D eigenvalue weighted by molar-refractivity contribution is -0.139. The zero-order chi connectivity index (χ0) is 18.6. The molecule has 1 unspecified atom stereocenters. The van der Waals surface area contributed by atoms with Crippen LogP contribution in [0.2, 0.25) is 0 Å². The zero-order valence-electron chi connectivity index (χ0n) is 15.2. The first kappa shape index (κ1) is 17.6. The maximum Gasteiger partial charge on any atom is 0.247 e. The van der Waals surface area contributed by atoms with Gasteiger partial charge < -0.3 is 4.90 Å². The van der Waals surface area contributed by atoms with Crippen molar-refractivity contribution in [2.75, 3.05) is 37.6 Å². The van der Waals surface area contributed by atoms with E-state index in [0.29, 0.717) is 19.4 Å². The molecule has 2 aliphatic rings. The van der Waals surface area contributed by atoms with Crippen LogP contribution in [0.1, 0.15) is 12.0 Å². The number of carbonyl (C=O) groups excluding carboxylic acids is 2. The number of aromatic nitrogens is 2. The van der Waals surface area contributed by atoms with Crippen LogP contribution in [-0.2, 0) is 16.0 Å². The summed E-state index contributed by atoms with van der Waals surface area (Å²) in [6, 6.07) is 9.64. The van der Waals surface area contributed by atoms with E-state index < -0.39 is 0 Å². The van der Waals surface area contributed by atoms with E-state index in [4.69, 9.17) is 0 Å². The standard InChI is InChI=1S/C20H23N5O2/c26-19-14-17(20(27)25(19)9-6-16-4-2-1-3-5-16)23-10-12-24(13-11-23)18-15-21-7-8-22-18/h1-5,7-8,15,17H,6,9-14H2. The number of amides is 2. The topological polar surface area (TPSA) is 69.6 Å². The molecule has 2 aromatic rings. The van der Waals surface area contributed by atoms with Gasteiger partial charge in [-0.25, -0.2) is 4.98 Å². The van der Waals surface area contributed by atoms with Crippen LogP contribution in [0.5, 0.6) is 0 Å². The van der Waals surface area contributed by atoms with Crippen molar-refractivity contribution >= 4 is 17.6 Å². The SMILES string of the molecule is O=C1CC(N2CCN(c3cnccn3)CC2)C(=O)N1CCc1ccccc1. The molecule has 2 amide bonds. The number of rotatable bonds is 5. The predicted octanol–water partition coefficient (Wildman–Crippen LogP) is 0.969. The summed E-state index contributed by atoms with van der Waals surface area (Å²) in [7, 11) is 0. The maximum absolute atomic E-state index is 12.8. The van der Waals surface area contributed by atoms with E-state index in [0.717, 1.165) is 37.6 Å². The van der Waals surface area contributed by atoms with Crippen LogP contribution in [0.4, 0.5) is 5.82 Å². The van der Waals surface area contributed by atoms with Crippen LogP contribution in [0.3, 0.4) is 0 Å². The third-order valence-corrected chi connectivity index (χ3v) is 5.32. The van der Waals surface area contributed by atoms with Gasteiger partial charge in [0.15, 0.2) is 0 Å². The summed E-state index contributed by atoms with van der Waals surface area (Å²) < 4.78 is 0. The van der Waals surface area contributed by atoms with Gasteiger partial charge in [-0.3, -0.25) is 24.4 Å². The average Bonchev–Trinajstić information content (AvgIpc) is 3.01. The van der Waals surface area contributed by atoms with Crippen molar-refractivity contribution in [3.63, 3.8) is 0 Å². The summed E-state index contributed by atoms with van der Waals surface area (Å²) in [5, 5.41) is 0. The first-order chi connectivity index (χ1) is 13.2. The smallest absolute Gasteiger partial charge is 0.247 e. The van der Waals surface area contributed by atoms with Gasteiger partial charge in [0, 0.05) is 45.1 Å². The molecule has 1 aromatic carbocycles. The minimum absolute atomic E-state index is 0.0520. The highest BCUT2D eigenvalue weighted by molar-refractivity contribution is 6.05. The highest BCUT2D eigenvalue weighted by Gasteiger charge is 2.42. The van der Waals surface area contributed by atoms with Crippen LogP contribution in [0.15, 0.2) is 48.9 Å². The Morgan fingerprint density at radius 2 is 1.78 bits per heavy atom. The molecule has 1 aromatic heterocycles. The number of imide groups is 1. The Labute approximate surface area is 158 Å². The molecule has 7 heteroatoms. The summed E-state index contributed by atoms with van der Waals surface area (Å²) in [6.45, 7) is 3.50. The molecule has 27 heavy (non-hydrogen) atoms. The number of anilines is 1. The summed E-state index contributed by atoms with van der Waals surface area (Å²) >= 11 is 0. The van der Waals surface area contributed by atoms with Crippen molar-refractivity contribution in [2.45, 2.75) is 18.9 Å². The fourth-order valence-corrected chi connectivity index (χ4v) is 3.79. The van der Waals surface area contributed by atoms with Crippen molar-refractivity contribution in [3.8, 4) is 0 Å². The number of hydrogen-bond acceptors (Lipinski definition) is 6. The monoisotopic (exact) mass is 365 g/mol. The maximum atomic E-state index is 12.8. The van der Waals surface area contributed by atoms with E-state index in [-0.39, 0.29) is 17.9 Å². The quantitative estimate of drug-likeness (QED) is 0.736. The molecule has 1 atom stereocenters. The van der Waals surface area contributed by atoms with Crippen LogP contribution in [0.25, 0.3) is 0 Å². The van der Waals surface area contributed by atoms with Gasteiger partial charge in [-0.2, -0.15) is 0 Å². The molecule has 0 bridgehead atoms. The second kappa shape index (κ2) is 7.84. The number of nitrogens with zero attached hydrogens (tertiary/aromatic N) is 5. The Hall–Kier alpha value is -2.80. The molecule has 2 fully saturated rings. The van der Waals surface area contributed by atoms with E-state index in [1.54, 1.807) is 18.6 Å². The lowest BCUT2D eigenvalue weighted by Gasteiger charge is -2.37. The molecule has 4 rings (SSSR count). The highest BCUT2D eigenvalue weighted by Crippen LogP contribution is 2.22. The first-order valence-electron chi connectivity index (χ1n) is 9.35. The molecule has 3 heterocycles. The molecule has 0 spiro atoms. The molecule has 140 valence electrons. The Balaban J connectivity index is 1.34. The summed E-state index contributed by atoms with van der Waals surface area (Å²) in [5.74, 6) is 0.747. The minimum atomic E-state index is -0.322. The van der Waals surface area contributed by atoms with Gasteiger partial charge in [0.25, 0.3) is 0 Å². The second-order valence-electron chi connectivity index (χ2n) is 6.93. The van der Waals surface area contributed by atoms with Crippen LogP contribution in [0, 0.1) is 0 Å². The molecule has 0 aliphatic carbocycles. The van der Waals surface area contributed by atoms with Crippen LogP contribution >= 0.6 is 0 Å². The lowest BCUT2D eigenvalue weighted by Crippen LogP contribution is -2.52. The molecule has 0 N–H and O–H groups in total. The predicted molar refractivity (Wildman–Crippen MR) is 101 cm³/mol. The van der Waals surface area contributed by atoms with E-state index in [1.165, 1.54) is 4.90 Å². The Bertz CT molecular complexity index is 791. The van der Waals surface area contributed by atoms with Gasteiger partial charge >= 0.3 is 0 Å². The van der Waals surface area contributed by atoms with Gasteiger partial charge in [0.1, 0.15) is 5.82 Å². The van der Waals surface area contributed by atoms with Crippen LogP contribution < -0.4 is 4.90 Å². The molecule has 2 aliphatic heterocycles. The number of likely N-dealkylation sites (tertiary alicyclic amines) is 1. The Morgan fingerprint density at radius 1 is 1.00 bits per heavy atom. The van der Waals surface area contributed by atoms with Gasteiger partial charge in [0.05, 0.1) is 18.7 Å². The van der Waals surface area contributed by atoms with Crippen molar-refractivity contribution in [1.82, 2.24) is 19.8 Å². The van der Waals surface area contributed by atoms with Crippen molar-refractivity contribution in [1.29, 1.82) is 0 Å². The number of benzene rings is 1. The normalized spacial score (nSPS) is 21.1. The third kappa shape index (κ3) is 3.83. The van der Waals surface area contributed by atoms with E-state index in [2.05, 4.69) is 19.8 Å². The third-order valence-electron chi connectivity index (χ3n) is 5.32. The molecule has 0 radical (unpaired) electrons. The highest BCUT2D eigenvalue weighted by atomic mass is 16.2. The lowest BCUT2D eigenvalue weighted by atomic mass is 10.1. The number of piperazine rings is 1. The van der Waals surface area contributed by atoms with E-state index >= 15 is 0 Å². The number of hydrogen-bond donors (Lipinski definition) is 0. The van der Waals surface area contributed by atoms with Gasteiger partial charge in [-0.15, -0.1) is 0 Å². The van der Waals surface area contributed by atoms with E-state index in [1.807, 2.05) is 30.3 Å². The molecule has 2 saturated heterocycles. The second-order valence-corrected chi connectivity index (χ2v) is 6.93. The molecule has 0 saturated carbocycles. The molecule has 7 nitrogen and oxygen atoms in total. The molecular formula is C20H23N5O2. The summed E-state index contributed by atoms with van der Waals surface area (Å²) in [6.07, 6.45) is 6.09. The van der Waals surface area contributed by atoms with Crippen molar-refractivity contribution in [3.05, 3.63) is 54.5 Å². The van der Waals surface area contributed by atoms with Gasteiger partial charge in [-0.05, 0) is 12.0 Å². The van der Waals surface area contributed by atoms with Gasteiger partial charge in [-0.1, -0.05) is 30.3 Å². The molecular weight excluding hydrogens is 342 g/mol. The van der Waals surface area contributed by atoms with Crippen LogP contribution in [-0.4, -0.2) is 70.3 Å². The largest absolute Gasteiger partial charge is 0.353 e. The fourth-order valence-electron chi connectivity index (χ4n) is 3.79. The summed E-state index contributed by atoms with van der Waals surface area (Å²) in [5.41, 5.74) is 1.14. The Morgan fingerprint density at radius 3 is 2.48 bits per heavy atom.